The molecule has 0 fully saturated rings. The number of ether oxygens (including phenoxy) is 2. The van der Waals surface area contributed by atoms with Gasteiger partial charge in [-0.2, -0.15) is 0 Å². The first-order chi connectivity index (χ1) is 10.5. The molecule has 1 amide bonds. The summed E-state index contributed by atoms with van der Waals surface area (Å²) in [6.07, 6.45) is 2.73. The van der Waals surface area contributed by atoms with Gasteiger partial charge in [-0.3, -0.25) is 4.79 Å². The summed E-state index contributed by atoms with van der Waals surface area (Å²) in [5.41, 5.74) is 0.997. The lowest BCUT2D eigenvalue weighted by atomic mass is 9.97. The van der Waals surface area contributed by atoms with Crippen LogP contribution in [-0.4, -0.2) is 24.7 Å². The molecule has 0 spiro atoms. The van der Waals surface area contributed by atoms with E-state index in [1.165, 1.54) is 0 Å². The minimum atomic E-state index is -0.781. The molecule has 0 aliphatic heterocycles. The Hall–Kier alpha value is -1.55. The summed E-state index contributed by atoms with van der Waals surface area (Å²) in [5.74, 6) is 0.755. The van der Waals surface area contributed by atoms with E-state index >= 15 is 0 Å². The number of unbranched alkanes of at least 4 members (excludes halogenated alkanes) is 1. The van der Waals surface area contributed by atoms with E-state index in [-0.39, 0.29) is 5.91 Å². The molecule has 0 aliphatic rings. The molecule has 4 heteroatoms. The van der Waals surface area contributed by atoms with Crippen LogP contribution in [0.2, 0.25) is 0 Å². The highest BCUT2D eigenvalue weighted by atomic mass is 16.5. The Morgan fingerprint density at radius 3 is 2.50 bits per heavy atom. The number of nitrogens with one attached hydrogen (secondary N) is 1. The summed E-state index contributed by atoms with van der Waals surface area (Å²) in [6, 6.07) is 5.68. The molecule has 1 aromatic rings. The highest BCUT2D eigenvalue weighted by Gasteiger charge is 2.33. The smallest absolute Gasteiger partial charge is 0.256 e. The highest BCUT2D eigenvalue weighted by Crippen LogP contribution is 2.25. The molecule has 0 bridgehead atoms. The number of hydrogen-bond acceptors (Lipinski definition) is 3. The largest absolute Gasteiger partial charge is 0.494 e. The number of carbonyl (C=O) groups excluding carboxylic acids is 1. The van der Waals surface area contributed by atoms with Crippen LogP contribution < -0.4 is 10.1 Å². The van der Waals surface area contributed by atoms with Crippen molar-refractivity contribution in [2.45, 2.75) is 59.5 Å². The lowest BCUT2D eigenvalue weighted by Gasteiger charge is -2.28. The van der Waals surface area contributed by atoms with Crippen molar-refractivity contribution >= 4 is 11.6 Å². The second kappa shape index (κ2) is 8.79. The molecule has 1 atom stereocenters. The number of amides is 1. The second-order valence-electron chi connectivity index (χ2n) is 5.63. The Bertz CT molecular complexity index is 487. The fourth-order valence-corrected chi connectivity index (χ4v) is 2.39. The predicted molar refractivity (Wildman–Crippen MR) is 90.5 cm³/mol. The first-order valence-electron chi connectivity index (χ1n) is 8.15. The van der Waals surface area contributed by atoms with Crippen molar-refractivity contribution in [1.82, 2.24) is 0 Å². The van der Waals surface area contributed by atoms with Gasteiger partial charge in [0.15, 0.2) is 0 Å². The van der Waals surface area contributed by atoms with Crippen LogP contribution in [0.15, 0.2) is 18.2 Å². The van der Waals surface area contributed by atoms with E-state index in [0.29, 0.717) is 13.2 Å². The molecule has 0 aliphatic carbocycles. The summed E-state index contributed by atoms with van der Waals surface area (Å²) < 4.78 is 11.2. The van der Waals surface area contributed by atoms with Gasteiger partial charge in [-0.1, -0.05) is 19.8 Å². The average Bonchev–Trinajstić information content (AvgIpc) is 2.48. The number of rotatable bonds is 9. The predicted octanol–water partition coefficient (Wildman–Crippen LogP) is 4.32. The minimum absolute atomic E-state index is 0.0913. The number of anilines is 1. The van der Waals surface area contributed by atoms with Crippen molar-refractivity contribution in [3.05, 3.63) is 23.8 Å². The van der Waals surface area contributed by atoms with Crippen molar-refractivity contribution in [3.8, 4) is 5.75 Å². The second-order valence-corrected chi connectivity index (χ2v) is 5.63. The average molecular weight is 307 g/mol. The zero-order valence-corrected chi connectivity index (χ0v) is 14.5. The summed E-state index contributed by atoms with van der Waals surface area (Å²) in [5, 5.41) is 2.97. The maximum Gasteiger partial charge on any atom is 0.256 e. The molecular weight excluding hydrogens is 278 g/mol. The zero-order chi connectivity index (χ0) is 16.6. The number of aryl methyl sites for hydroxylation is 1. The molecule has 1 rings (SSSR count). The lowest BCUT2D eigenvalue weighted by molar-refractivity contribution is -0.139. The highest BCUT2D eigenvalue weighted by molar-refractivity contribution is 5.97. The molecule has 0 saturated carbocycles. The fourth-order valence-electron chi connectivity index (χ4n) is 2.39. The normalized spacial score (nSPS) is 13.5. The van der Waals surface area contributed by atoms with E-state index in [1.54, 1.807) is 0 Å². The van der Waals surface area contributed by atoms with Gasteiger partial charge in [0, 0.05) is 12.3 Å². The van der Waals surface area contributed by atoms with Crippen LogP contribution in [0.3, 0.4) is 0 Å². The Morgan fingerprint density at radius 2 is 1.95 bits per heavy atom. The van der Waals surface area contributed by atoms with Crippen LogP contribution in [0.5, 0.6) is 5.75 Å². The fraction of sp³-hybridized carbons (Fsp3) is 0.611. The van der Waals surface area contributed by atoms with E-state index < -0.39 is 5.60 Å². The van der Waals surface area contributed by atoms with Crippen molar-refractivity contribution in [2.24, 2.45) is 0 Å². The van der Waals surface area contributed by atoms with Gasteiger partial charge in [0.05, 0.1) is 6.61 Å². The molecule has 22 heavy (non-hydrogen) atoms. The third-order valence-corrected chi connectivity index (χ3v) is 3.68. The van der Waals surface area contributed by atoms with Crippen molar-refractivity contribution in [2.75, 3.05) is 18.5 Å². The molecule has 0 heterocycles. The van der Waals surface area contributed by atoms with Crippen molar-refractivity contribution in [3.63, 3.8) is 0 Å². The first-order valence-corrected chi connectivity index (χ1v) is 8.15. The standard InChI is InChI=1S/C18H29NO3/c1-6-9-12-18(5,22-8-3)17(20)19-15-10-11-16(21-7-2)14(4)13-15/h10-11,13H,6-9,12H2,1-5H3,(H,19,20)/t18-/m1/s1. The molecule has 0 saturated heterocycles. The Morgan fingerprint density at radius 1 is 1.23 bits per heavy atom. The Balaban J connectivity index is 2.82. The molecule has 1 aromatic carbocycles. The van der Waals surface area contributed by atoms with Gasteiger partial charge in [0.1, 0.15) is 11.4 Å². The molecule has 0 aromatic heterocycles. The van der Waals surface area contributed by atoms with Gasteiger partial charge in [0.25, 0.3) is 5.91 Å². The van der Waals surface area contributed by atoms with E-state index in [2.05, 4.69) is 12.2 Å². The molecule has 4 nitrogen and oxygen atoms in total. The lowest BCUT2D eigenvalue weighted by Crippen LogP contribution is -2.42. The van der Waals surface area contributed by atoms with Crippen LogP contribution in [0.4, 0.5) is 5.69 Å². The molecule has 124 valence electrons. The van der Waals surface area contributed by atoms with Gasteiger partial charge < -0.3 is 14.8 Å². The number of carbonyl (C=O) groups is 1. The maximum atomic E-state index is 12.6. The number of benzene rings is 1. The van der Waals surface area contributed by atoms with Gasteiger partial charge in [-0.25, -0.2) is 0 Å². The van der Waals surface area contributed by atoms with Crippen molar-refractivity contribution in [1.29, 1.82) is 0 Å². The third kappa shape index (κ3) is 5.02. The van der Waals surface area contributed by atoms with E-state index in [1.807, 2.05) is 45.9 Å². The van der Waals surface area contributed by atoms with Crippen molar-refractivity contribution < 1.29 is 14.3 Å². The van der Waals surface area contributed by atoms with Gasteiger partial charge in [0.2, 0.25) is 0 Å². The topological polar surface area (TPSA) is 47.6 Å². The third-order valence-electron chi connectivity index (χ3n) is 3.68. The Labute approximate surface area is 134 Å². The maximum absolute atomic E-state index is 12.6. The van der Waals surface area contributed by atoms with Crippen LogP contribution >= 0.6 is 0 Å². The quantitative estimate of drug-likeness (QED) is 0.739. The molecule has 0 unspecified atom stereocenters. The summed E-state index contributed by atoms with van der Waals surface area (Å²) >= 11 is 0. The van der Waals surface area contributed by atoms with E-state index in [4.69, 9.17) is 9.47 Å². The zero-order valence-electron chi connectivity index (χ0n) is 14.5. The van der Waals surface area contributed by atoms with Crippen LogP contribution in [0.25, 0.3) is 0 Å². The molecular formula is C18H29NO3. The summed E-state index contributed by atoms with van der Waals surface area (Å²) in [7, 11) is 0. The van der Waals surface area contributed by atoms with Gasteiger partial charge in [-0.15, -0.1) is 0 Å². The van der Waals surface area contributed by atoms with Crippen LogP contribution in [0.1, 0.15) is 52.5 Å². The summed E-state index contributed by atoms with van der Waals surface area (Å²) in [6.45, 7) is 11.0. The summed E-state index contributed by atoms with van der Waals surface area (Å²) in [4.78, 5) is 12.6. The van der Waals surface area contributed by atoms with E-state index in [9.17, 15) is 4.79 Å². The first kappa shape index (κ1) is 18.5. The monoisotopic (exact) mass is 307 g/mol. The van der Waals surface area contributed by atoms with Gasteiger partial charge >= 0.3 is 0 Å². The Kier molecular flexibility index (Phi) is 7.39. The van der Waals surface area contributed by atoms with Gasteiger partial charge in [-0.05, 0) is 57.9 Å². The molecule has 0 radical (unpaired) electrons. The van der Waals surface area contributed by atoms with Crippen LogP contribution in [0, 0.1) is 6.92 Å². The molecule has 1 N–H and O–H groups in total. The number of hydrogen-bond donors (Lipinski definition) is 1. The van der Waals surface area contributed by atoms with E-state index in [0.717, 1.165) is 36.3 Å². The van der Waals surface area contributed by atoms with Crippen LogP contribution in [-0.2, 0) is 9.53 Å². The minimum Gasteiger partial charge on any atom is -0.494 e. The SMILES string of the molecule is CCCC[C@@](C)(OCC)C(=O)Nc1ccc(OCC)c(C)c1.